The monoisotopic (exact) mass is 291 g/mol. The molecule has 0 spiro atoms. The van der Waals surface area contributed by atoms with Crippen LogP contribution >= 0.6 is 0 Å². The topological polar surface area (TPSA) is 66.8 Å². The molecular formula is C16H21NO4. The summed E-state index contributed by atoms with van der Waals surface area (Å²) in [4.78, 5) is 24.8. The highest BCUT2D eigenvalue weighted by molar-refractivity contribution is 5.73. The summed E-state index contributed by atoms with van der Waals surface area (Å²) >= 11 is 0. The van der Waals surface area contributed by atoms with E-state index in [0.717, 1.165) is 12.0 Å². The van der Waals surface area contributed by atoms with Crippen LogP contribution in [0, 0.1) is 11.8 Å². The number of carbonyl (C=O) groups is 2. The summed E-state index contributed by atoms with van der Waals surface area (Å²) in [7, 11) is 0. The molecule has 1 saturated heterocycles. The summed E-state index contributed by atoms with van der Waals surface area (Å²) in [6.45, 7) is 3.04. The van der Waals surface area contributed by atoms with Crippen molar-refractivity contribution in [1.82, 2.24) is 4.90 Å². The second-order valence-electron chi connectivity index (χ2n) is 5.49. The minimum Gasteiger partial charge on any atom is -0.481 e. The van der Waals surface area contributed by atoms with Crippen molar-refractivity contribution in [3.63, 3.8) is 0 Å². The Morgan fingerprint density at radius 3 is 2.62 bits per heavy atom. The largest absolute Gasteiger partial charge is 0.481 e. The number of carboxylic acids is 1. The number of aliphatic carboxylic acids is 1. The normalized spacial score (nSPS) is 21.9. The van der Waals surface area contributed by atoms with Crippen LogP contribution in [0.2, 0.25) is 0 Å². The van der Waals surface area contributed by atoms with Crippen molar-refractivity contribution in [3.05, 3.63) is 35.9 Å². The van der Waals surface area contributed by atoms with Gasteiger partial charge in [-0.05, 0) is 17.9 Å². The molecule has 0 aromatic heterocycles. The minimum absolute atomic E-state index is 0.213. The van der Waals surface area contributed by atoms with Gasteiger partial charge in [0, 0.05) is 13.1 Å². The summed E-state index contributed by atoms with van der Waals surface area (Å²) in [6.07, 6.45) is 1.07. The zero-order chi connectivity index (χ0) is 15.2. The van der Waals surface area contributed by atoms with Crippen LogP contribution in [0.1, 0.15) is 25.3 Å². The molecule has 5 nitrogen and oxygen atoms in total. The fourth-order valence-electron chi connectivity index (χ4n) is 2.64. The van der Waals surface area contributed by atoms with Crippen molar-refractivity contribution < 1.29 is 19.4 Å². The van der Waals surface area contributed by atoms with Crippen LogP contribution in [-0.2, 0) is 16.1 Å². The lowest BCUT2D eigenvalue weighted by Gasteiger charge is -2.35. The number of hydrogen-bond acceptors (Lipinski definition) is 3. The highest BCUT2D eigenvalue weighted by Gasteiger charge is 2.33. The van der Waals surface area contributed by atoms with Gasteiger partial charge in [0.2, 0.25) is 0 Å². The van der Waals surface area contributed by atoms with Crippen LogP contribution in [0.3, 0.4) is 0 Å². The molecule has 2 rings (SSSR count). The summed E-state index contributed by atoms with van der Waals surface area (Å²) < 4.78 is 5.28. The van der Waals surface area contributed by atoms with E-state index in [0.29, 0.717) is 13.0 Å². The third kappa shape index (κ3) is 4.21. The molecule has 1 heterocycles. The number of benzene rings is 1. The van der Waals surface area contributed by atoms with Crippen molar-refractivity contribution in [2.24, 2.45) is 11.8 Å². The average molecular weight is 291 g/mol. The van der Waals surface area contributed by atoms with Gasteiger partial charge >= 0.3 is 12.1 Å². The van der Waals surface area contributed by atoms with Crippen LogP contribution in [0.15, 0.2) is 30.3 Å². The first-order chi connectivity index (χ1) is 10.1. The van der Waals surface area contributed by atoms with E-state index in [1.54, 1.807) is 0 Å². The summed E-state index contributed by atoms with van der Waals surface area (Å²) in [5, 5.41) is 9.18. The Hall–Kier alpha value is -2.04. The second kappa shape index (κ2) is 7.11. The van der Waals surface area contributed by atoms with Gasteiger partial charge in [-0.2, -0.15) is 0 Å². The molecule has 114 valence electrons. The van der Waals surface area contributed by atoms with E-state index in [2.05, 4.69) is 0 Å². The number of nitrogens with zero attached hydrogens (tertiary/aromatic N) is 1. The smallest absolute Gasteiger partial charge is 0.410 e. The summed E-state index contributed by atoms with van der Waals surface area (Å²) in [5.41, 5.74) is 0.921. The number of likely N-dealkylation sites (tertiary alicyclic amines) is 1. The molecule has 0 aliphatic carbocycles. The lowest BCUT2D eigenvalue weighted by atomic mass is 9.88. The number of piperidine rings is 1. The molecule has 2 unspecified atom stereocenters. The van der Waals surface area contributed by atoms with E-state index in [1.807, 2.05) is 37.3 Å². The number of carboxylic acid groups (broad SMARTS) is 1. The van der Waals surface area contributed by atoms with Crippen molar-refractivity contribution in [1.29, 1.82) is 0 Å². The molecule has 1 fully saturated rings. The fourth-order valence-corrected chi connectivity index (χ4v) is 2.64. The molecule has 1 aliphatic rings. The maximum absolute atomic E-state index is 12.1. The molecule has 2 atom stereocenters. The lowest BCUT2D eigenvalue weighted by Crippen LogP contribution is -2.46. The third-order valence-electron chi connectivity index (χ3n) is 3.93. The molecule has 0 radical (unpaired) electrons. The zero-order valence-corrected chi connectivity index (χ0v) is 12.2. The van der Waals surface area contributed by atoms with Gasteiger partial charge in [0.05, 0.1) is 5.92 Å². The number of rotatable bonds is 4. The molecule has 21 heavy (non-hydrogen) atoms. The van der Waals surface area contributed by atoms with E-state index in [1.165, 1.54) is 4.90 Å². The van der Waals surface area contributed by atoms with E-state index in [4.69, 9.17) is 4.74 Å². The molecule has 1 N–H and O–H groups in total. The Morgan fingerprint density at radius 1 is 1.29 bits per heavy atom. The Morgan fingerprint density at radius 2 is 2.00 bits per heavy atom. The number of hydrogen-bond donors (Lipinski definition) is 1. The van der Waals surface area contributed by atoms with Gasteiger partial charge in [0.15, 0.2) is 0 Å². The van der Waals surface area contributed by atoms with Crippen molar-refractivity contribution >= 4 is 12.1 Å². The fraction of sp³-hybridized carbons (Fsp3) is 0.500. The van der Waals surface area contributed by atoms with E-state index in [-0.39, 0.29) is 19.1 Å². The molecular weight excluding hydrogens is 270 g/mol. The molecule has 5 heteroatoms. The molecule has 1 aliphatic heterocycles. The second-order valence-corrected chi connectivity index (χ2v) is 5.49. The SMILES string of the molecule is CCC1CC(C(=O)O)CN(C(=O)OCc2ccccc2)C1. The Labute approximate surface area is 124 Å². The van der Waals surface area contributed by atoms with Crippen LogP contribution in [0.5, 0.6) is 0 Å². The minimum atomic E-state index is -0.839. The quantitative estimate of drug-likeness (QED) is 0.926. The average Bonchev–Trinajstić information content (AvgIpc) is 2.53. The van der Waals surface area contributed by atoms with Crippen LogP contribution < -0.4 is 0 Å². The molecule has 0 bridgehead atoms. The predicted octanol–water partition coefficient (Wildman–Crippen LogP) is 2.76. The van der Waals surface area contributed by atoms with E-state index >= 15 is 0 Å². The number of ether oxygens (including phenoxy) is 1. The Balaban J connectivity index is 1.92. The van der Waals surface area contributed by atoms with Crippen molar-refractivity contribution in [2.45, 2.75) is 26.4 Å². The van der Waals surface area contributed by atoms with Gasteiger partial charge in [-0.15, -0.1) is 0 Å². The zero-order valence-electron chi connectivity index (χ0n) is 12.2. The summed E-state index contributed by atoms with van der Waals surface area (Å²) in [6, 6.07) is 9.45. The predicted molar refractivity (Wildman–Crippen MR) is 77.7 cm³/mol. The first kappa shape index (κ1) is 15.4. The van der Waals surface area contributed by atoms with E-state index < -0.39 is 18.0 Å². The standard InChI is InChI=1S/C16H21NO4/c1-2-12-8-14(15(18)19)10-17(9-12)16(20)21-11-13-6-4-3-5-7-13/h3-7,12,14H,2,8-11H2,1H3,(H,18,19). The maximum atomic E-state index is 12.1. The van der Waals surface area contributed by atoms with Crippen LogP contribution in [-0.4, -0.2) is 35.2 Å². The summed E-state index contributed by atoms with van der Waals surface area (Å²) in [5.74, 6) is -1.11. The van der Waals surface area contributed by atoms with Gasteiger partial charge in [-0.1, -0.05) is 43.7 Å². The molecule has 0 saturated carbocycles. The van der Waals surface area contributed by atoms with Gasteiger partial charge in [0.1, 0.15) is 6.61 Å². The Kier molecular flexibility index (Phi) is 5.20. The van der Waals surface area contributed by atoms with Gasteiger partial charge in [-0.25, -0.2) is 4.79 Å². The maximum Gasteiger partial charge on any atom is 0.410 e. The van der Waals surface area contributed by atoms with Gasteiger partial charge in [0.25, 0.3) is 0 Å². The number of carbonyl (C=O) groups excluding carboxylic acids is 1. The Bertz CT molecular complexity index is 488. The first-order valence-corrected chi connectivity index (χ1v) is 7.28. The first-order valence-electron chi connectivity index (χ1n) is 7.28. The third-order valence-corrected chi connectivity index (χ3v) is 3.93. The molecule has 1 aromatic rings. The molecule has 1 amide bonds. The van der Waals surface area contributed by atoms with Gasteiger partial charge < -0.3 is 14.7 Å². The van der Waals surface area contributed by atoms with Crippen molar-refractivity contribution in [2.75, 3.05) is 13.1 Å². The molecule has 1 aromatic carbocycles. The highest BCUT2D eigenvalue weighted by Crippen LogP contribution is 2.25. The van der Waals surface area contributed by atoms with Crippen LogP contribution in [0.25, 0.3) is 0 Å². The van der Waals surface area contributed by atoms with Crippen LogP contribution in [0.4, 0.5) is 4.79 Å². The van der Waals surface area contributed by atoms with Gasteiger partial charge in [-0.3, -0.25) is 4.79 Å². The lowest BCUT2D eigenvalue weighted by molar-refractivity contribution is -0.144. The number of amides is 1. The van der Waals surface area contributed by atoms with Crippen molar-refractivity contribution in [3.8, 4) is 0 Å². The van der Waals surface area contributed by atoms with E-state index in [9.17, 15) is 14.7 Å². The highest BCUT2D eigenvalue weighted by atomic mass is 16.6.